The highest BCUT2D eigenvalue weighted by Crippen LogP contribution is 2.05. The smallest absolute Gasteiger partial charge is 0.110 e. The average Bonchev–Trinajstić information content (AvgIpc) is 2.14. The Labute approximate surface area is 57.3 Å². The topological polar surface area (TPSA) is 21.3 Å². The highest BCUT2D eigenvalue weighted by Gasteiger charge is 2.12. The maximum Gasteiger partial charge on any atom is 0.110 e. The minimum Gasteiger partial charge on any atom is -0.314 e. The third-order valence-corrected chi connectivity index (χ3v) is 1.86. The molecule has 1 aliphatic heterocycles. The Balaban J connectivity index is 2.14. The molecule has 0 amide bonds. The van der Waals surface area contributed by atoms with Gasteiger partial charge in [0.25, 0.3) is 0 Å². The van der Waals surface area contributed by atoms with Crippen molar-refractivity contribution in [1.29, 1.82) is 0 Å². The van der Waals surface area contributed by atoms with Gasteiger partial charge in [0.05, 0.1) is 6.10 Å². The van der Waals surface area contributed by atoms with Crippen LogP contribution in [0.5, 0.6) is 0 Å². The molecule has 0 aromatic heterocycles. The Morgan fingerprint density at radius 3 is 2.86 bits per heavy atom. The third-order valence-electron chi connectivity index (χ3n) is 1.14. The Bertz CT molecular complexity index is 53.7. The monoisotopic (exact) mass is 213 g/mol. The van der Waals surface area contributed by atoms with Gasteiger partial charge in [-0.15, -0.1) is 0 Å². The minimum atomic E-state index is 0.473. The molecular weight excluding hydrogens is 205 g/mol. The second-order valence-corrected chi connectivity index (χ2v) is 2.21. The van der Waals surface area contributed by atoms with E-state index in [1.54, 1.807) is 0 Å². The summed E-state index contributed by atoms with van der Waals surface area (Å²) in [7, 11) is 0. The number of nitrogens with one attached hydrogen (secondary N) is 1. The first kappa shape index (κ1) is 5.78. The van der Waals surface area contributed by atoms with Gasteiger partial charge in [-0.1, -0.05) is 0 Å². The van der Waals surface area contributed by atoms with E-state index in [4.69, 9.17) is 3.07 Å². The molecule has 0 bridgehead atoms. The molecule has 1 fully saturated rings. The molecule has 1 saturated heterocycles. The van der Waals surface area contributed by atoms with Crippen molar-refractivity contribution in [3.8, 4) is 0 Å². The quantitative estimate of drug-likeness (QED) is 0.648. The van der Waals surface area contributed by atoms with Gasteiger partial charge < -0.3 is 8.38 Å². The first-order chi connectivity index (χ1) is 3.43. The van der Waals surface area contributed by atoms with Crippen molar-refractivity contribution >= 4 is 23.0 Å². The molecule has 2 nitrogen and oxygen atoms in total. The molecule has 0 saturated carbocycles. The van der Waals surface area contributed by atoms with E-state index >= 15 is 0 Å². The van der Waals surface area contributed by atoms with Crippen LogP contribution in [0.3, 0.4) is 0 Å². The first-order valence-corrected chi connectivity index (χ1v) is 3.29. The van der Waals surface area contributed by atoms with Crippen molar-refractivity contribution in [2.45, 2.75) is 12.5 Å². The number of hydrogen-bond donors (Lipinski definition) is 1. The van der Waals surface area contributed by atoms with Gasteiger partial charge in [0.2, 0.25) is 0 Å². The lowest BCUT2D eigenvalue weighted by Gasteiger charge is -1.98. The molecule has 1 heterocycles. The Hall–Kier alpha value is 0.650. The van der Waals surface area contributed by atoms with Crippen LogP contribution < -0.4 is 5.32 Å². The maximum atomic E-state index is 5.02. The van der Waals surface area contributed by atoms with E-state index in [2.05, 4.69) is 5.32 Å². The molecule has 7 heavy (non-hydrogen) atoms. The van der Waals surface area contributed by atoms with Crippen LogP contribution in [0.25, 0.3) is 0 Å². The van der Waals surface area contributed by atoms with Crippen LogP contribution in [-0.2, 0) is 3.07 Å². The molecule has 1 atom stereocenters. The van der Waals surface area contributed by atoms with Crippen molar-refractivity contribution in [2.75, 3.05) is 13.1 Å². The highest BCUT2D eigenvalue weighted by molar-refractivity contribution is 14.1. The fourth-order valence-electron chi connectivity index (χ4n) is 0.704. The summed E-state index contributed by atoms with van der Waals surface area (Å²) in [6.45, 7) is 2.15. The van der Waals surface area contributed by atoms with Gasteiger partial charge in [-0.2, -0.15) is 0 Å². The molecule has 0 aliphatic carbocycles. The molecule has 3 heteroatoms. The molecular formula is C4H8INO. The summed E-state index contributed by atoms with van der Waals surface area (Å²) in [6.07, 6.45) is 1.64. The van der Waals surface area contributed by atoms with Gasteiger partial charge in [0.15, 0.2) is 0 Å². The minimum absolute atomic E-state index is 0.473. The SMILES string of the molecule is IOC1CCNC1. The lowest BCUT2D eigenvalue weighted by atomic mass is 10.3. The van der Waals surface area contributed by atoms with Crippen molar-refractivity contribution in [1.82, 2.24) is 5.32 Å². The summed E-state index contributed by atoms with van der Waals surface area (Å²) in [5.74, 6) is 0. The van der Waals surface area contributed by atoms with Gasteiger partial charge in [0, 0.05) is 6.54 Å². The zero-order valence-corrected chi connectivity index (χ0v) is 6.14. The van der Waals surface area contributed by atoms with Crippen molar-refractivity contribution in [3.05, 3.63) is 0 Å². The van der Waals surface area contributed by atoms with Crippen LogP contribution in [0.2, 0.25) is 0 Å². The van der Waals surface area contributed by atoms with Crippen LogP contribution >= 0.6 is 23.0 Å². The van der Waals surface area contributed by atoms with Crippen LogP contribution in [0.15, 0.2) is 0 Å². The zero-order valence-electron chi connectivity index (χ0n) is 3.98. The van der Waals surface area contributed by atoms with Crippen molar-refractivity contribution in [3.63, 3.8) is 0 Å². The van der Waals surface area contributed by atoms with Crippen molar-refractivity contribution in [2.24, 2.45) is 0 Å². The van der Waals surface area contributed by atoms with E-state index in [0.717, 1.165) is 13.1 Å². The van der Waals surface area contributed by atoms with Gasteiger partial charge in [-0.3, -0.25) is 0 Å². The zero-order chi connectivity index (χ0) is 5.11. The average molecular weight is 213 g/mol. The van der Waals surface area contributed by atoms with Crippen molar-refractivity contribution < 1.29 is 3.07 Å². The predicted molar refractivity (Wildman–Crippen MR) is 36.4 cm³/mol. The standard InChI is InChI=1S/C4H8INO/c5-7-4-1-2-6-3-4/h4,6H,1-3H2. The summed E-state index contributed by atoms with van der Waals surface area (Å²) < 4.78 is 5.02. The molecule has 0 aromatic rings. The number of halogens is 1. The van der Waals surface area contributed by atoms with Crippen LogP contribution in [0.1, 0.15) is 6.42 Å². The molecule has 42 valence electrons. The first-order valence-electron chi connectivity index (χ1n) is 2.41. The van der Waals surface area contributed by atoms with E-state index in [1.165, 1.54) is 6.42 Å². The predicted octanol–water partition coefficient (Wildman–Crippen LogP) is 0.715. The van der Waals surface area contributed by atoms with Gasteiger partial charge >= 0.3 is 0 Å². The molecule has 1 rings (SSSR count). The van der Waals surface area contributed by atoms with Crippen LogP contribution in [-0.4, -0.2) is 19.2 Å². The highest BCUT2D eigenvalue weighted by atomic mass is 127. The summed E-state index contributed by atoms with van der Waals surface area (Å²) >= 11 is 1.95. The van der Waals surface area contributed by atoms with Crippen LogP contribution in [0, 0.1) is 0 Å². The molecule has 0 spiro atoms. The van der Waals surface area contributed by atoms with E-state index in [-0.39, 0.29) is 0 Å². The fraction of sp³-hybridized carbons (Fsp3) is 1.00. The normalized spacial score (nSPS) is 31.3. The van der Waals surface area contributed by atoms with E-state index < -0.39 is 0 Å². The second-order valence-electron chi connectivity index (χ2n) is 1.70. The molecule has 1 N–H and O–H groups in total. The number of rotatable bonds is 1. The Kier molecular flexibility index (Phi) is 2.34. The van der Waals surface area contributed by atoms with E-state index in [1.807, 2.05) is 23.0 Å². The Morgan fingerprint density at radius 2 is 2.57 bits per heavy atom. The van der Waals surface area contributed by atoms with Crippen LogP contribution in [0.4, 0.5) is 0 Å². The summed E-state index contributed by atoms with van der Waals surface area (Å²) in [5, 5.41) is 3.19. The molecule has 0 aromatic carbocycles. The van der Waals surface area contributed by atoms with Gasteiger partial charge in [0.1, 0.15) is 23.0 Å². The van der Waals surface area contributed by atoms with Gasteiger partial charge in [-0.05, 0) is 13.0 Å². The summed E-state index contributed by atoms with van der Waals surface area (Å²) in [6, 6.07) is 0. The Morgan fingerprint density at radius 1 is 1.71 bits per heavy atom. The van der Waals surface area contributed by atoms with E-state index in [0.29, 0.717) is 6.10 Å². The molecule has 1 unspecified atom stereocenters. The lowest BCUT2D eigenvalue weighted by Crippen LogP contribution is -2.12. The third kappa shape index (κ3) is 1.54. The van der Waals surface area contributed by atoms with Gasteiger partial charge in [-0.25, -0.2) is 0 Å². The summed E-state index contributed by atoms with van der Waals surface area (Å²) in [5.41, 5.74) is 0. The lowest BCUT2D eigenvalue weighted by molar-refractivity contribution is 0.309. The summed E-state index contributed by atoms with van der Waals surface area (Å²) in [4.78, 5) is 0. The molecule has 0 radical (unpaired) electrons. The molecule has 1 aliphatic rings. The van der Waals surface area contributed by atoms with E-state index in [9.17, 15) is 0 Å². The fourth-order valence-corrected chi connectivity index (χ4v) is 1.14. The number of hydrogen-bond acceptors (Lipinski definition) is 2. The largest absolute Gasteiger partial charge is 0.314 e. The second kappa shape index (κ2) is 2.84. The maximum absolute atomic E-state index is 5.02.